The Kier molecular flexibility index (Phi) is 7.80. The highest BCUT2D eigenvalue weighted by Gasteiger charge is 2.14. The number of H-pyrrole nitrogens is 1. The highest BCUT2D eigenvalue weighted by Crippen LogP contribution is 2.24. The third-order valence-corrected chi connectivity index (χ3v) is 6.06. The number of nitrogens with one attached hydrogen (secondary N) is 2. The Balaban J connectivity index is 1.49. The Morgan fingerprint density at radius 3 is 2.76 bits per heavy atom. The first kappa shape index (κ1) is 23.8. The summed E-state index contributed by atoms with van der Waals surface area (Å²) >= 11 is 6.08. The molecule has 2 N–H and O–H groups in total. The van der Waals surface area contributed by atoms with E-state index in [9.17, 15) is 4.79 Å². The van der Waals surface area contributed by atoms with E-state index in [1.807, 2.05) is 37.3 Å². The predicted molar refractivity (Wildman–Crippen MR) is 140 cm³/mol. The Morgan fingerprint density at radius 2 is 2.03 bits per heavy atom. The maximum absolute atomic E-state index is 13.0. The number of benzene rings is 1. The molecular weight excluding hydrogens is 446 g/mol. The van der Waals surface area contributed by atoms with Gasteiger partial charge in [0.05, 0.1) is 11.0 Å². The molecule has 0 unspecified atom stereocenters. The van der Waals surface area contributed by atoms with Gasteiger partial charge < -0.3 is 15.2 Å². The molecule has 0 radical (unpaired) electrons. The van der Waals surface area contributed by atoms with Gasteiger partial charge >= 0.3 is 0 Å². The number of aromatic amines is 1. The number of rotatable bonds is 8. The van der Waals surface area contributed by atoms with Crippen molar-refractivity contribution in [3.63, 3.8) is 0 Å². The van der Waals surface area contributed by atoms with Gasteiger partial charge in [-0.2, -0.15) is 0 Å². The quantitative estimate of drug-likeness (QED) is 0.288. The van der Waals surface area contributed by atoms with Gasteiger partial charge in [0.1, 0.15) is 5.69 Å². The maximum atomic E-state index is 13.0. The van der Waals surface area contributed by atoms with Crippen LogP contribution in [0, 0.1) is 0 Å². The van der Waals surface area contributed by atoms with Crippen LogP contribution in [0.1, 0.15) is 39.5 Å². The zero-order chi connectivity index (χ0) is 23.9. The van der Waals surface area contributed by atoms with Crippen molar-refractivity contribution in [3.05, 3.63) is 77.1 Å². The van der Waals surface area contributed by atoms with Gasteiger partial charge in [-0.05, 0) is 68.7 Å². The SMILES string of the molecule is C\C=C(/C=C\C(=C\CCC)N1CCCC1)C(=O)Nc1ccc2nc(-c3cc(Cl)ccn3)[nH]c2c1. The van der Waals surface area contributed by atoms with Crippen LogP contribution in [-0.2, 0) is 4.79 Å². The van der Waals surface area contributed by atoms with Crippen LogP contribution in [0.4, 0.5) is 5.69 Å². The number of aromatic nitrogens is 3. The standard InChI is InChI=1S/C27H30ClN5O/c1-3-5-8-22(33-15-6-7-16-33)11-9-19(4-2)27(34)30-21-10-12-23-24(18-21)32-26(31-23)25-17-20(28)13-14-29-25/h4,8-14,17-18H,3,5-7,15-16H2,1-2H3,(H,30,34)(H,31,32)/b11-9-,19-4+,22-8-. The molecule has 1 amide bonds. The second-order valence-electron chi connectivity index (χ2n) is 8.32. The highest BCUT2D eigenvalue weighted by molar-refractivity contribution is 6.30. The Bertz CT molecular complexity index is 1250. The molecule has 4 rings (SSSR count). The third kappa shape index (κ3) is 5.75. The van der Waals surface area contributed by atoms with Crippen LogP contribution in [0.5, 0.6) is 0 Å². The Morgan fingerprint density at radius 1 is 1.21 bits per heavy atom. The average molecular weight is 476 g/mol. The summed E-state index contributed by atoms with van der Waals surface area (Å²) in [6.07, 6.45) is 14.3. The van der Waals surface area contributed by atoms with Gasteiger partial charge in [-0.3, -0.25) is 9.78 Å². The van der Waals surface area contributed by atoms with Crippen molar-refractivity contribution in [2.24, 2.45) is 0 Å². The zero-order valence-electron chi connectivity index (χ0n) is 19.6. The molecule has 1 aliphatic rings. The fourth-order valence-electron chi connectivity index (χ4n) is 3.99. The van der Waals surface area contributed by atoms with Crippen LogP contribution in [0.2, 0.25) is 5.02 Å². The van der Waals surface area contributed by atoms with Crippen molar-refractivity contribution in [1.82, 2.24) is 19.9 Å². The summed E-state index contributed by atoms with van der Waals surface area (Å²) in [5.74, 6) is 0.483. The van der Waals surface area contributed by atoms with E-state index in [0.29, 0.717) is 27.8 Å². The van der Waals surface area contributed by atoms with Crippen LogP contribution >= 0.6 is 11.6 Å². The number of halogens is 1. The first-order valence-electron chi connectivity index (χ1n) is 11.8. The molecule has 2 aromatic heterocycles. The lowest BCUT2D eigenvalue weighted by atomic mass is 10.1. The Hall–Kier alpha value is -3.38. The summed E-state index contributed by atoms with van der Waals surface area (Å²) in [5.41, 5.74) is 4.78. The first-order chi connectivity index (χ1) is 16.6. The predicted octanol–water partition coefficient (Wildman–Crippen LogP) is 6.50. The summed E-state index contributed by atoms with van der Waals surface area (Å²) < 4.78 is 0. The van der Waals surface area contributed by atoms with Gasteiger partial charge in [-0.15, -0.1) is 0 Å². The van der Waals surface area contributed by atoms with Gasteiger partial charge in [0.15, 0.2) is 5.82 Å². The molecule has 1 saturated heterocycles. The molecular formula is C27H30ClN5O. The van der Waals surface area contributed by atoms with Crippen molar-refractivity contribution in [2.45, 2.75) is 39.5 Å². The molecule has 0 aliphatic carbocycles. The molecule has 0 spiro atoms. The average Bonchev–Trinajstić information content (AvgIpc) is 3.51. The van der Waals surface area contributed by atoms with Crippen LogP contribution in [0.3, 0.4) is 0 Å². The number of carbonyl (C=O) groups excluding carboxylic acids is 1. The van der Waals surface area contributed by atoms with E-state index in [1.54, 1.807) is 18.3 Å². The number of hydrogen-bond acceptors (Lipinski definition) is 4. The molecule has 1 aromatic carbocycles. The lowest BCUT2D eigenvalue weighted by Gasteiger charge is -2.19. The van der Waals surface area contributed by atoms with E-state index >= 15 is 0 Å². The molecule has 7 heteroatoms. The fraction of sp³-hybridized carbons (Fsp3) is 0.296. The second-order valence-corrected chi connectivity index (χ2v) is 8.76. The van der Waals surface area contributed by atoms with Crippen LogP contribution in [0.15, 0.2) is 72.1 Å². The summed E-state index contributed by atoms with van der Waals surface area (Å²) in [7, 11) is 0. The van der Waals surface area contributed by atoms with Crippen molar-refractivity contribution in [3.8, 4) is 11.5 Å². The lowest BCUT2D eigenvalue weighted by Crippen LogP contribution is -2.18. The van der Waals surface area contributed by atoms with Crippen LogP contribution in [-0.4, -0.2) is 38.8 Å². The van der Waals surface area contributed by atoms with E-state index < -0.39 is 0 Å². The molecule has 0 bridgehead atoms. The summed E-state index contributed by atoms with van der Waals surface area (Å²) in [6, 6.07) is 9.09. The normalized spacial score (nSPS) is 15.0. The molecule has 6 nitrogen and oxygen atoms in total. The second kappa shape index (κ2) is 11.2. The molecule has 1 fully saturated rings. The fourth-order valence-corrected chi connectivity index (χ4v) is 4.15. The topological polar surface area (TPSA) is 73.9 Å². The number of amides is 1. The van der Waals surface area contributed by atoms with E-state index in [1.165, 1.54) is 18.5 Å². The summed E-state index contributed by atoms with van der Waals surface area (Å²) in [5, 5.41) is 3.60. The number of nitrogens with zero attached hydrogens (tertiary/aromatic N) is 3. The maximum Gasteiger partial charge on any atom is 0.255 e. The number of fused-ring (bicyclic) bond motifs is 1. The first-order valence-corrected chi connectivity index (χ1v) is 12.2. The van der Waals surface area contributed by atoms with E-state index in [2.05, 4.69) is 44.2 Å². The molecule has 34 heavy (non-hydrogen) atoms. The zero-order valence-corrected chi connectivity index (χ0v) is 20.4. The van der Waals surface area contributed by atoms with E-state index in [0.717, 1.165) is 37.0 Å². The minimum Gasteiger partial charge on any atom is -0.372 e. The van der Waals surface area contributed by atoms with E-state index in [4.69, 9.17) is 11.6 Å². The van der Waals surface area contributed by atoms with Gasteiger partial charge in [0.25, 0.3) is 5.91 Å². The van der Waals surface area contributed by atoms with Gasteiger partial charge in [0.2, 0.25) is 0 Å². The summed E-state index contributed by atoms with van der Waals surface area (Å²) in [6.45, 7) is 6.22. The minimum absolute atomic E-state index is 0.148. The number of likely N-dealkylation sites (tertiary alicyclic amines) is 1. The molecule has 3 heterocycles. The van der Waals surface area contributed by atoms with Crippen LogP contribution < -0.4 is 5.32 Å². The number of carbonyl (C=O) groups is 1. The number of anilines is 1. The van der Waals surface area contributed by atoms with Crippen LogP contribution in [0.25, 0.3) is 22.6 Å². The minimum atomic E-state index is -0.148. The van der Waals surface area contributed by atoms with Gasteiger partial charge in [-0.1, -0.05) is 37.1 Å². The number of unbranched alkanes of at least 4 members (excludes halogenated alkanes) is 1. The number of hydrogen-bond donors (Lipinski definition) is 2. The van der Waals surface area contributed by atoms with Crippen molar-refractivity contribution >= 4 is 34.2 Å². The smallest absolute Gasteiger partial charge is 0.255 e. The van der Waals surface area contributed by atoms with Crippen molar-refractivity contribution < 1.29 is 4.79 Å². The van der Waals surface area contributed by atoms with Crippen molar-refractivity contribution in [1.29, 1.82) is 0 Å². The lowest BCUT2D eigenvalue weighted by molar-refractivity contribution is -0.112. The molecule has 1 aliphatic heterocycles. The van der Waals surface area contributed by atoms with Gasteiger partial charge in [-0.25, -0.2) is 4.98 Å². The van der Waals surface area contributed by atoms with Crippen molar-refractivity contribution in [2.75, 3.05) is 18.4 Å². The molecule has 0 atom stereocenters. The molecule has 176 valence electrons. The Labute approximate surface area is 205 Å². The highest BCUT2D eigenvalue weighted by atomic mass is 35.5. The third-order valence-electron chi connectivity index (χ3n) is 5.82. The molecule has 0 saturated carbocycles. The number of pyridine rings is 1. The van der Waals surface area contributed by atoms with E-state index in [-0.39, 0.29) is 5.91 Å². The largest absolute Gasteiger partial charge is 0.372 e. The van der Waals surface area contributed by atoms with Gasteiger partial charge in [0, 0.05) is 41.3 Å². The number of allylic oxidation sites excluding steroid dienone is 3. The molecule has 3 aromatic rings. The number of imidazole rings is 1. The monoisotopic (exact) mass is 475 g/mol. The summed E-state index contributed by atoms with van der Waals surface area (Å²) in [4.78, 5) is 27.5.